The lowest BCUT2D eigenvalue weighted by Gasteiger charge is -2.11. The first-order valence-corrected chi connectivity index (χ1v) is 14.9. The van der Waals surface area contributed by atoms with Crippen molar-refractivity contribution in [3.8, 4) is 0 Å². The van der Waals surface area contributed by atoms with Crippen LogP contribution in [0.25, 0.3) is 0 Å². The van der Waals surface area contributed by atoms with Crippen molar-refractivity contribution in [3.63, 3.8) is 0 Å². The zero-order valence-electron chi connectivity index (χ0n) is 22.7. The van der Waals surface area contributed by atoms with E-state index in [4.69, 9.17) is 14.2 Å². The first kappa shape index (κ1) is 31.4. The molecule has 1 saturated heterocycles. The minimum Gasteiger partial charge on any atom is -0.463 e. The number of hydrogen-bond acceptors (Lipinski definition) is 4. The highest BCUT2D eigenvalue weighted by Crippen LogP contribution is 2.21. The van der Waals surface area contributed by atoms with Gasteiger partial charge in [0.15, 0.2) is 0 Å². The average molecular weight is 482 g/mol. The zero-order valence-corrected chi connectivity index (χ0v) is 22.7. The molecule has 1 radical (unpaired) electrons. The number of carbonyl (C=O) groups is 1. The van der Waals surface area contributed by atoms with Crippen molar-refractivity contribution < 1.29 is 19.0 Å². The van der Waals surface area contributed by atoms with Crippen LogP contribution in [0.5, 0.6) is 0 Å². The summed E-state index contributed by atoms with van der Waals surface area (Å²) in [7, 11) is 0. The molecule has 0 spiro atoms. The Balaban J connectivity index is 1.77. The highest BCUT2D eigenvalue weighted by atomic mass is 16.6. The number of esters is 1. The summed E-state index contributed by atoms with van der Waals surface area (Å²) in [5, 5.41) is 0. The molecule has 4 nitrogen and oxygen atoms in total. The summed E-state index contributed by atoms with van der Waals surface area (Å²) in [4.78, 5) is 11.7. The molecule has 4 heteroatoms. The van der Waals surface area contributed by atoms with E-state index in [1.54, 1.807) is 0 Å². The van der Waals surface area contributed by atoms with E-state index >= 15 is 0 Å². The van der Waals surface area contributed by atoms with Crippen molar-refractivity contribution >= 4 is 5.97 Å². The first-order chi connectivity index (χ1) is 16.8. The molecule has 2 atom stereocenters. The Morgan fingerprint density at radius 2 is 1.32 bits per heavy atom. The van der Waals surface area contributed by atoms with E-state index in [0.717, 1.165) is 45.5 Å². The molecular weight excluding hydrogens is 424 g/mol. The van der Waals surface area contributed by atoms with E-state index in [1.165, 1.54) is 103 Å². The Morgan fingerprint density at radius 1 is 0.765 bits per heavy atom. The normalized spacial score (nSPS) is 17.9. The van der Waals surface area contributed by atoms with Crippen LogP contribution in [0.15, 0.2) is 0 Å². The van der Waals surface area contributed by atoms with E-state index in [9.17, 15) is 4.79 Å². The summed E-state index contributed by atoms with van der Waals surface area (Å²) in [6, 6.07) is 0. The van der Waals surface area contributed by atoms with Crippen molar-refractivity contribution in [2.45, 2.75) is 148 Å². The van der Waals surface area contributed by atoms with Gasteiger partial charge in [0.25, 0.3) is 0 Å². The minimum atomic E-state index is -0.111. The second-order valence-electron chi connectivity index (χ2n) is 10.4. The van der Waals surface area contributed by atoms with Gasteiger partial charge in [-0.3, -0.25) is 4.79 Å². The topological polar surface area (TPSA) is 44.8 Å². The van der Waals surface area contributed by atoms with Crippen LogP contribution in [0.2, 0.25) is 0 Å². The summed E-state index contributed by atoms with van der Waals surface area (Å²) < 4.78 is 17.0. The van der Waals surface area contributed by atoms with Crippen molar-refractivity contribution in [1.29, 1.82) is 0 Å². The van der Waals surface area contributed by atoms with Gasteiger partial charge in [-0.25, -0.2) is 0 Å². The van der Waals surface area contributed by atoms with Gasteiger partial charge in [-0.1, -0.05) is 123 Å². The maximum Gasteiger partial charge on any atom is 0.305 e. The highest BCUT2D eigenvalue weighted by molar-refractivity contribution is 5.69. The van der Waals surface area contributed by atoms with E-state index < -0.39 is 0 Å². The fraction of sp³-hybridized carbons (Fsp3) is 0.933. The largest absolute Gasteiger partial charge is 0.463 e. The third-order valence-corrected chi connectivity index (χ3v) is 6.97. The quantitative estimate of drug-likeness (QED) is 0.0967. The molecule has 0 aliphatic carbocycles. The number of rotatable bonds is 25. The lowest BCUT2D eigenvalue weighted by atomic mass is 10.0. The average Bonchev–Trinajstić information content (AvgIpc) is 3.30. The van der Waals surface area contributed by atoms with E-state index in [0.29, 0.717) is 18.9 Å². The van der Waals surface area contributed by atoms with Crippen molar-refractivity contribution in [2.75, 3.05) is 26.4 Å². The number of unbranched alkanes of at least 4 members (excludes halogenated alkanes) is 17. The maximum atomic E-state index is 11.7. The summed E-state index contributed by atoms with van der Waals surface area (Å²) in [6.45, 7) is 8.82. The van der Waals surface area contributed by atoms with Crippen molar-refractivity contribution in [3.05, 3.63) is 6.92 Å². The van der Waals surface area contributed by atoms with Crippen LogP contribution < -0.4 is 0 Å². The van der Waals surface area contributed by atoms with E-state index in [-0.39, 0.29) is 12.1 Å². The Bertz CT molecular complexity index is 440. The van der Waals surface area contributed by atoms with Gasteiger partial charge in [0.05, 0.1) is 19.3 Å². The van der Waals surface area contributed by atoms with Crippen LogP contribution in [-0.2, 0) is 19.0 Å². The van der Waals surface area contributed by atoms with Crippen molar-refractivity contribution in [1.82, 2.24) is 0 Å². The molecule has 0 aromatic rings. The fourth-order valence-electron chi connectivity index (χ4n) is 4.72. The first-order valence-electron chi connectivity index (χ1n) is 14.9. The van der Waals surface area contributed by atoms with Crippen LogP contribution >= 0.6 is 0 Å². The highest BCUT2D eigenvalue weighted by Gasteiger charge is 2.26. The zero-order chi connectivity index (χ0) is 24.5. The third kappa shape index (κ3) is 19.7. The van der Waals surface area contributed by atoms with E-state index in [1.807, 2.05) is 0 Å². The Kier molecular flexibility index (Phi) is 22.3. The van der Waals surface area contributed by atoms with Gasteiger partial charge in [0.2, 0.25) is 0 Å². The smallest absolute Gasteiger partial charge is 0.305 e. The van der Waals surface area contributed by atoms with Gasteiger partial charge >= 0.3 is 5.97 Å². The lowest BCUT2D eigenvalue weighted by molar-refractivity contribution is -0.147. The molecule has 1 aliphatic heterocycles. The second-order valence-corrected chi connectivity index (χ2v) is 10.4. The summed E-state index contributed by atoms with van der Waals surface area (Å²) in [6.07, 6.45) is 26.5. The van der Waals surface area contributed by atoms with Gasteiger partial charge < -0.3 is 14.2 Å². The maximum absolute atomic E-state index is 11.7. The van der Waals surface area contributed by atoms with Crippen LogP contribution in [0.3, 0.4) is 0 Å². The summed E-state index contributed by atoms with van der Waals surface area (Å²) in [5.41, 5.74) is 0. The fourth-order valence-corrected chi connectivity index (χ4v) is 4.72. The molecule has 1 heterocycles. The molecule has 0 bridgehead atoms. The molecule has 1 fully saturated rings. The molecule has 1 rings (SSSR count). The SMILES string of the molecule is [CH2]CCCCC(=O)OC[C@@H]1C[C@@H](COCCCCCCCCCCCCCCCCCC)CO1. The van der Waals surface area contributed by atoms with Gasteiger partial charge in [0.1, 0.15) is 6.61 Å². The standard InChI is InChI=1S/C30H57O4/c1-3-5-7-8-9-10-11-12-13-14-15-16-17-18-19-21-23-32-25-28-24-29(33-26-28)27-34-30(31)22-20-6-4-2/h28-29H,2-27H2,1H3/t28-,29-/m0/s1. The molecule has 34 heavy (non-hydrogen) atoms. The molecule has 0 aromatic carbocycles. The molecule has 1 aliphatic rings. The molecular formula is C30H57O4. The molecule has 0 amide bonds. The summed E-state index contributed by atoms with van der Waals surface area (Å²) in [5.74, 6) is 0.330. The third-order valence-electron chi connectivity index (χ3n) is 6.97. The van der Waals surface area contributed by atoms with Crippen LogP contribution in [0.1, 0.15) is 142 Å². The Hall–Kier alpha value is -0.610. The molecule has 201 valence electrons. The number of carbonyl (C=O) groups excluding carboxylic acids is 1. The minimum absolute atomic E-state index is 0.0425. The van der Waals surface area contributed by atoms with Crippen LogP contribution in [-0.4, -0.2) is 38.5 Å². The Morgan fingerprint density at radius 3 is 1.88 bits per heavy atom. The lowest BCUT2D eigenvalue weighted by Crippen LogP contribution is -2.18. The molecule has 0 unspecified atom stereocenters. The van der Waals surface area contributed by atoms with Gasteiger partial charge in [0, 0.05) is 18.9 Å². The molecule has 0 N–H and O–H groups in total. The number of hydrogen-bond donors (Lipinski definition) is 0. The summed E-state index contributed by atoms with van der Waals surface area (Å²) >= 11 is 0. The van der Waals surface area contributed by atoms with Gasteiger partial charge in [-0.05, 0) is 19.3 Å². The van der Waals surface area contributed by atoms with Gasteiger partial charge in [-0.2, -0.15) is 0 Å². The predicted octanol–water partition coefficient (Wildman–Crippen LogP) is 8.61. The molecule has 0 aromatic heterocycles. The number of ether oxygens (including phenoxy) is 3. The van der Waals surface area contributed by atoms with E-state index in [2.05, 4.69) is 13.8 Å². The van der Waals surface area contributed by atoms with Crippen LogP contribution in [0, 0.1) is 12.8 Å². The molecule has 0 saturated carbocycles. The monoisotopic (exact) mass is 481 g/mol. The predicted molar refractivity (Wildman–Crippen MR) is 143 cm³/mol. The van der Waals surface area contributed by atoms with Crippen molar-refractivity contribution in [2.24, 2.45) is 5.92 Å². The Labute approximate surface area is 212 Å². The second kappa shape index (κ2) is 24.1. The van der Waals surface area contributed by atoms with Gasteiger partial charge in [-0.15, -0.1) is 0 Å². The van der Waals surface area contributed by atoms with Crippen LogP contribution in [0.4, 0.5) is 0 Å².